The fourth-order valence-electron chi connectivity index (χ4n) is 3.13. The molecule has 1 heterocycles. The lowest BCUT2D eigenvalue weighted by Gasteiger charge is -2.09. The number of hydrogen-bond acceptors (Lipinski definition) is 2. The van der Waals surface area contributed by atoms with Gasteiger partial charge in [-0.15, -0.1) is 0 Å². The van der Waals surface area contributed by atoms with Crippen LogP contribution in [0.15, 0.2) is 36.4 Å². The second kappa shape index (κ2) is 6.93. The first kappa shape index (κ1) is 17.4. The van der Waals surface area contributed by atoms with Crippen LogP contribution in [0.25, 0.3) is 10.9 Å². The second-order valence-corrected chi connectivity index (χ2v) is 7.52. The molecular formula is C20H19Cl2N3O. The van der Waals surface area contributed by atoms with Gasteiger partial charge in [0.2, 0.25) is 0 Å². The molecule has 0 bridgehead atoms. The van der Waals surface area contributed by atoms with Gasteiger partial charge in [-0.05, 0) is 49.4 Å². The Bertz CT molecular complexity index is 972. The van der Waals surface area contributed by atoms with Crippen molar-refractivity contribution in [3.8, 4) is 0 Å². The van der Waals surface area contributed by atoms with Gasteiger partial charge in [0.15, 0.2) is 0 Å². The van der Waals surface area contributed by atoms with E-state index in [0.29, 0.717) is 27.2 Å². The highest BCUT2D eigenvalue weighted by atomic mass is 35.5. The van der Waals surface area contributed by atoms with Crippen molar-refractivity contribution in [2.24, 2.45) is 5.92 Å². The van der Waals surface area contributed by atoms with Gasteiger partial charge in [0.05, 0.1) is 26.9 Å². The maximum absolute atomic E-state index is 12.7. The molecule has 1 aromatic heterocycles. The van der Waals surface area contributed by atoms with Crippen molar-refractivity contribution in [1.82, 2.24) is 9.78 Å². The van der Waals surface area contributed by atoms with E-state index in [4.69, 9.17) is 28.3 Å². The number of carbonyl (C=O) groups is 1. The summed E-state index contributed by atoms with van der Waals surface area (Å²) in [6, 6.07) is 10.9. The summed E-state index contributed by atoms with van der Waals surface area (Å²) in [5.74, 6) is 0.473. The lowest BCUT2D eigenvalue weighted by Crippen LogP contribution is -2.13. The fourth-order valence-corrected chi connectivity index (χ4v) is 3.62. The molecule has 2 aromatic carbocycles. The van der Waals surface area contributed by atoms with Crippen molar-refractivity contribution in [2.75, 3.05) is 5.32 Å². The van der Waals surface area contributed by atoms with Crippen LogP contribution in [0.3, 0.4) is 0 Å². The smallest absolute Gasteiger partial charge is 0.255 e. The van der Waals surface area contributed by atoms with Gasteiger partial charge >= 0.3 is 0 Å². The van der Waals surface area contributed by atoms with E-state index in [1.165, 1.54) is 12.8 Å². The molecule has 3 aromatic rings. The lowest BCUT2D eigenvalue weighted by atomic mass is 10.1. The zero-order valence-electron chi connectivity index (χ0n) is 14.4. The summed E-state index contributed by atoms with van der Waals surface area (Å²) >= 11 is 12.3. The van der Waals surface area contributed by atoms with Gasteiger partial charge in [-0.1, -0.05) is 42.3 Å². The van der Waals surface area contributed by atoms with Crippen LogP contribution in [-0.2, 0) is 13.0 Å². The number of rotatable bonds is 5. The number of aryl methyl sites for hydroxylation is 1. The molecule has 0 aliphatic heterocycles. The van der Waals surface area contributed by atoms with Crippen LogP contribution in [0.5, 0.6) is 0 Å². The van der Waals surface area contributed by atoms with Gasteiger partial charge in [-0.25, -0.2) is 0 Å². The number of aromatic nitrogens is 2. The topological polar surface area (TPSA) is 46.9 Å². The van der Waals surface area contributed by atoms with E-state index in [0.717, 1.165) is 29.6 Å². The Morgan fingerprint density at radius 2 is 1.96 bits per heavy atom. The van der Waals surface area contributed by atoms with Gasteiger partial charge in [0, 0.05) is 17.5 Å². The van der Waals surface area contributed by atoms with E-state index >= 15 is 0 Å². The van der Waals surface area contributed by atoms with Crippen molar-refractivity contribution < 1.29 is 4.79 Å². The Morgan fingerprint density at radius 1 is 1.23 bits per heavy atom. The van der Waals surface area contributed by atoms with Crippen molar-refractivity contribution in [3.63, 3.8) is 0 Å². The van der Waals surface area contributed by atoms with Gasteiger partial charge in [0.1, 0.15) is 0 Å². The van der Waals surface area contributed by atoms with Crippen LogP contribution < -0.4 is 5.32 Å². The Hall–Kier alpha value is -2.04. The Labute approximate surface area is 162 Å². The number of fused-ring (bicyclic) bond motifs is 1. The van der Waals surface area contributed by atoms with E-state index in [1.807, 2.05) is 22.9 Å². The molecule has 0 unspecified atom stereocenters. The predicted octanol–water partition coefficient (Wildman–Crippen LogP) is 5.57. The number of carbonyl (C=O) groups excluding carboxylic acids is 1. The standard InChI is InChI=1S/C20H19Cl2N3O/c1-2-17-14-9-8-13(10-18(14)25(24-17)11-12-6-7-12)20(26)23-19-15(21)4-3-5-16(19)22/h3-5,8-10,12H,2,6-7,11H2,1H3,(H,23,26). The normalized spacial score (nSPS) is 14.0. The zero-order valence-corrected chi connectivity index (χ0v) is 15.9. The van der Waals surface area contributed by atoms with E-state index in [9.17, 15) is 4.79 Å². The molecule has 1 aliphatic rings. The molecule has 0 saturated heterocycles. The molecular weight excluding hydrogens is 369 g/mol. The van der Waals surface area contributed by atoms with Gasteiger partial charge < -0.3 is 5.32 Å². The molecule has 4 nitrogen and oxygen atoms in total. The summed E-state index contributed by atoms with van der Waals surface area (Å²) < 4.78 is 2.05. The highest BCUT2D eigenvalue weighted by molar-refractivity contribution is 6.40. The second-order valence-electron chi connectivity index (χ2n) is 6.71. The number of hydrogen-bond donors (Lipinski definition) is 1. The summed E-state index contributed by atoms with van der Waals surface area (Å²) in [5.41, 5.74) is 3.07. The Balaban J connectivity index is 1.68. The summed E-state index contributed by atoms with van der Waals surface area (Å²) in [5, 5.41) is 9.51. The third kappa shape index (κ3) is 3.31. The molecule has 1 fully saturated rings. The van der Waals surface area contributed by atoms with Crippen LogP contribution >= 0.6 is 23.2 Å². The number of nitrogens with zero attached hydrogens (tertiary/aromatic N) is 2. The third-order valence-electron chi connectivity index (χ3n) is 4.75. The molecule has 0 atom stereocenters. The maximum Gasteiger partial charge on any atom is 0.255 e. The number of benzene rings is 2. The fraction of sp³-hybridized carbons (Fsp3) is 0.300. The van der Waals surface area contributed by atoms with Crippen LogP contribution in [-0.4, -0.2) is 15.7 Å². The summed E-state index contributed by atoms with van der Waals surface area (Å²) in [6.07, 6.45) is 3.39. The van der Waals surface area contributed by atoms with Crippen molar-refractivity contribution in [1.29, 1.82) is 0 Å². The monoisotopic (exact) mass is 387 g/mol. The first-order valence-corrected chi connectivity index (χ1v) is 9.57. The van der Waals surface area contributed by atoms with Crippen molar-refractivity contribution in [2.45, 2.75) is 32.7 Å². The van der Waals surface area contributed by atoms with E-state index in [2.05, 4.69) is 12.2 Å². The average Bonchev–Trinajstić information content (AvgIpc) is 3.38. The van der Waals surface area contributed by atoms with E-state index in [1.54, 1.807) is 18.2 Å². The molecule has 1 N–H and O–H groups in total. The van der Waals surface area contributed by atoms with E-state index in [-0.39, 0.29) is 5.91 Å². The Kier molecular flexibility index (Phi) is 4.63. The van der Waals surface area contributed by atoms with E-state index < -0.39 is 0 Å². The first-order valence-electron chi connectivity index (χ1n) is 8.81. The van der Waals surface area contributed by atoms with Crippen molar-refractivity contribution in [3.05, 3.63) is 57.7 Å². The SMILES string of the molecule is CCc1nn(CC2CC2)c2cc(C(=O)Nc3c(Cl)cccc3Cl)ccc12. The molecule has 0 spiro atoms. The quantitative estimate of drug-likeness (QED) is 0.621. The average molecular weight is 388 g/mol. The van der Waals surface area contributed by atoms with Crippen LogP contribution in [0.4, 0.5) is 5.69 Å². The first-order chi connectivity index (χ1) is 12.6. The molecule has 1 amide bonds. The van der Waals surface area contributed by atoms with Crippen LogP contribution in [0.2, 0.25) is 10.0 Å². The third-order valence-corrected chi connectivity index (χ3v) is 5.38. The number of amides is 1. The molecule has 0 radical (unpaired) electrons. The summed E-state index contributed by atoms with van der Waals surface area (Å²) in [7, 11) is 0. The lowest BCUT2D eigenvalue weighted by molar-refractivity contribution is 0.102. The minimum absolute atomic E-state index is 0.237. The summed E-state index contributed by atoms with van der Waals surface area (Å²) in [4.78, 5) is 12.7. The minimum atomic E-state index is -0.237. The number of nitrogens with one attached hydrogen (secondary N) is 1. The van der Waals surface area contributed by atoms with Crippen molar-refractivity contribution >= 4 is 45.7 Å². The van der Waals surface area contributed by atoms with Crippen LogP contribution in [0.1, 0.15) is 35.8 Å². The molecule has 26 heavy (non-hydrogen) atoms. The number of anilines is 1. The molecule has 4 rings (SSSR count). The molecule has 1 saturated carbocycles. The Morgan fingerprint density at radius 3 is 2.62 bits per heavy atom. The van der Waals surface area contributed by atoms with Gasteiger partial charge in [-0.2, -0.15) is 5.10 Å². The molecule has 1 aliphatic carbocycles. The summed E-state index contributed by atoms with van der Waals surface area (Å²) in [6.45, 7) is 3.02. The number of para-hydroxylation sites is 1. The highest BCUT2D eigenvalue weighted by Gasteiger charge is 2.24. The molecule has 6 heteroatoms. The highest BCUT2D eigenvalue weighted by Crippen LogP contribution is 2.33. The zero-order chi connectivity index (χ0) is 18.3. The minimum Gasteiger partial charge on any atom is -0.319 e. The maximum atomic E-state index is 12.7. The van der Waals surface area contributed by atoms with Gasteiger partial charge in [0.25, 0.3) is 5.91 Å². The molecule has 134 valence electrons. The van der Waals surface area contributed by atoms with Crippen LogP contribution in [0, 0.1) is 5.92 Å². The predicted molar refractivity (Wildman–Crippen MR) is 106 cm³/mol. The number of halogens is 2. The largest absolute Gasteiger partial charge is 0.319 e. The van der Waals surface area contributed by atoms with Gasteiger partial charge in [-0.3, -0.25) is 9.48 Å².